The number of hydrogen-bond donors (Lipinski definition) is 0. The van der Waals surface area contributed by atoms with Crippen LogP contribution < -0.4 is 0 Å². The van der Waals surface area contributed by atoms with Crippen molar-refractivity contribution in [2.75, 3.05) is 13.7 Å². The van der Waals surface area contributed by atoms with E-state index >= 15 is 0 Å². The standard InChI is InChI=1S/C13H16O4/c1-10(11-6-4-3-5-7-11)17-9-12(14)8-13(15)16-2/h3-7,10H,8-9H2,1-2H3. The molecule has 0 amide bonds. The number of rotatable bonds is 6. The molecule has 0 bridgehead atoms. The Morgan fingerprint density at radius 1 is 1.24 bits per heavy atom. The highest BCUT2D eigenvalue weighted by Gasteiger charge is 2.12. The van der Waals surface area contributed by atoms with Gasteiger partial charge < -0.3 is 9.47 Å². The zero-order valence-corrected chi connectivity index (χ0v) is 10.0. The van der Waals surface area contributed by atoms with Gasteiger partial charge in [-0.25, -0.2) is 0 Å². The molecule has 0 aliphatic carbocycles. The van der Waals surface area contributed by atoms with Crippen molar-refractivity contribution in [1.82, 2.24) is 0 Å². The second-order valence-electron chi connectivity index (χ2n) is 3.66. The third-order valence-electron chi connectivity index (χ3n) is 2.33. The van der Waals surface area contributed by atoms with Crippen molar-refractivity contribution in [1.29, 1.82) is 0 Å². The Morgan fingerprint density at radius 3 is 2.47 bits per heavy atom. The van der Waals surface area contributed by atoms with E-state index in [1.807, 2.05) is 37.3 Å². The van der Waals surface area contributed by atoms with Crippen molar-refractivity contribution in [3.63, 3.8) is 0 Å². The first kappa shape index (κ1) is 13.4. The van der Waals surface area contributed by atoms with Crippen LogP contribution >= 0.6 is 0 Å². The Morgan fingerprint density at radius 2 is 1.88 bits per heavy atom. The second kappa shape index (κ2) is 6.81. The van der Waals surface area contributed by atoms with Crippen LogP contribution in [0, 0.1) is 0 Å². The number of hydrogen-bond acceptors (Lipinski definition) is 4. The maximum atomic E-state index is 11.3. The third kappa shape index (κ3) is 4.78. The average Bonchev–Trinajstić information content (AvgIpc) is 2.36. The second-order valence-corrected chi connectivity index (χ2v) is 3.66. The zero-order valence-electron chi connectivity index (χ0n) is 10.0. The molecule has 0 saturated heterocycles. The normalized spacial score (nSPS) is 11.9. The van der Waals surface area contributed by atoms with E-state index in [2.05, 4.69) is 4.74 Å². The molecule has 4 heteroatoms. The van der Waals surface area contributed by atoms with Gasteiger partial charge in [0.25, 0.3) is 0 Å². The van der Waals surface area contributed by atoms with Gasteiger partial charge in [0.15, 0.2) is 5.78 Å². The van der Waals surface area contributed by atoms with Crippen LogP contribution in [0.4, 0.5) is 0 Å². The SMILES string of the molecule is COC(=O)CC(=O)COC(C)c1ccccc1. The van der Waals surface area contributed by atoms with Gasteiger partial charge in [-0.2, -0.15) is 0 Å². The number of Topliss-reactive ketones (excluding diaryl/α,β-unsaturated/α-hetero) is 1. The molecule has 0 radical (unpaired) electrons. The minimum atomic E-state index is -0.536. The number of ketones is 1. The fourth-order valence-corrected chi connectivity index (χ4v) is 1.32. The van der Waals surface area contributed by atoms with Gasteiger partial charge in [0.05, 0.1) is 13.2 Å². The van der Waals surface area contributed by atoms with E-state index in [4.69, 9.17) is 4.74 Å². The Bertz CT molecular complexity index is 372. The molecule has 0 aliphatic rings. The molecule has 0 fully saturated rings. The van der Waals surface area contributed by atoms with E-state index in [9.17, 15) is 9.59 Å². The number of benzene rings is 1. The van der Waals surface area contributed by atoms with E-state index in [1.165, 1.54) is 7.11 Å². The Balaban J connectivity index is 2.36. The Kier molecular flexibility index (Phi) is 5.36. The minimum absolute atomic E-state index is 0.0782. The summed E-state index contributed by atoms with van der Waals surface area (Å²) in [7, 11) is 1.25. The number of esters is 1. The van der Waals surface area contributed by atoms with Crippen molar-refractivity contribution in [2.45, 2.75) is 19.4 Å². The van der Waals surface area contributed by atoms with E-state index in [-0.39, 0.29) is 24.9 Å². The van der Waals surface area contributed by atoms with Crippen LogP contribution in [0.5, 0.6) is 0 Å². The molecular weight excluding hydrogens is 220 g/mol. The van der Waals surface area contributed by atoms with E-state index in [0.717, 1.165) is 5.56 Å². The van der Waals surface area contributed by atoms with Gasteiger partial charge in [-0.15, -0.1) is 0 Å². The van der Waals surface area contributed by atoms with Gasteiger partial charge in [-0.1, -0.05) is 30.3 Å². The topological polar surface area (TPSA) is 52.6 Å². The largest absolute Gasteiger partial charge is 0.469 e. The number of carbonyl (C=O) groups excluding carboxylic acids is 2. The van der Waals surface area contributed by atoms with Gasteiger partial charge >= 0.3 is 5.97 Å². The van der Waals surface area contributed by atoms with Crippen molar-refractivity contribution >= 4 is 11.8 Å². The first-order chi connectivity index (χ1) is 8.13. The molecular formula is C13H16O4. The summed E-state index contributed by atoms with van der Waals surface area (Å²) in [6.45, 7) is 1.78. The van der Waals surface area contributed by atoms with Crippen molar-refractivity contribution in [3.05, 3.63) is 35.9 Å². The third-order valence-corrected chi connectivity index (χ3v) is 2.33. The average molecular weight is 236 g/mol. The smallest absolute Gasteiger partial charge is 0.313 e. The molecule has 4 nitrogen and oxygen atoms in total. The minimum Gasteiger partial charge on any atom is -0.469 e. The summed E-state index contributed by atoms with van der Waals surface area (Å²) in [6.07, 6.45) is -0.407. The van der Waals surface area contributed by atoms with E-state index in [1.54, 1.807) is 0 Å². The van der Waals surface area contributed by atoms with Crippen LogP contribution in [0.15, 0.2) is 30.3 Å². The van der Waals surface area contributed by atoms with Gasteiger partial charge in [0, 0.05) is 0 Å². The summed E-state index contributed by atoms with van der Waals surface area (Å²) < 4.78 is 9.77. The summed E-state index contributed by atoms with van der Waals surface area (Å²) in [4.78, 5) is 22.2. The molecule has 17 heavy (non-hydrogen) atoms. The molecule has 1 unspecified atom stereocenters. The predicted octanol–water partition coefficient (Wildman–Crippen LogP) is 1.90. The summed E-state index contributed by atoms with van der Waals surface area (Å²) in [6, 6.07) is 9.58. The fraction of sp³-hybridized carbons (Fsp3) is 0.385. The summed E-state index contributed by atoms with van der Waals surface area (Å²) >= 11 is 0. The molecule has 0 spiro atoms. The molecule has 92 valence electrons. The maximum absolute atomic E-state index is 11.3. The van der Waals surface area contributed by atoms with Crippen molar-refractivity contribution < 1.29 is 19.1 Å². The zero-order chi connectivity index (χ0) is 12.7. The lowest BCUT2D eigenvalue weighted by molar-refractivity contribution is -0.144. The number of ether oxygens (including phenoxy) is 2. The molecule has 0 aliphatic heterocycles. The molecule has 0 heterocycles. The van der Waals surface area contributed by atoms with Crippen LogP contribution in [-0.4, -0.2) is 25.5 Å². The molecule has 0 aromatic heterocycles. The monoisotopic (exact) mass is 236 g/mol. The highest BCUT2D eigenvalue weighted by atomic mass is 16.5. The van der Waals surface area contributed by atoms with Gasteiger partial charge in [-0.3, -0.25) is 9.59 Å². The first-order valence-electron chi connectivity index (χ1n) is 5.38. The molecule has 1 rings (SSSR count). The van der Waals surface area contributed by atoms with Crippen molar-refractivity contribution in [2.24, 2.45) is 0 Å². The molecule has 0 N–H and O–H groups in total. The highest BCUT2D eigenvalue weighted by molar-refractivity contribution is 5.96. The van der Waals surface area contributed by atoms with Crippen LogP contribution in [0.25, 0.3) is 0 Å². The quantitative estimate of drug-likeness (QED) is 0.559. The summed E-state index contributed by atoms with van der Waals surface area (Å²) in [5.74, 6) is -0.814. The van der Waals surface area contributed by atoms with E-state index in [0.29, 0.717) is 0 Å². The van der Waals surface area contributed by atoms with Crippen LogP contribution in [0.1, 0.15) is 25.0 Å². The Hall–Kier alpha value is -1.68. The Labute approximate surface area is 101 Å². The van der Waals surface area contributed by atoms with E-state index < -0.39 is 5.97 Å². The molecule has 1 aromatic rings. The number of carbonyl (C=O) groups is 2. The first-order valence-corrected chi connectivity index (χ1v) is 5.38. The van der Waals surface area contributed by atoms with Crippen LogP contribution in [0.3, 0.4) is 0 Å². The van der Waals surface area contributed by atoms with Crippen LogP contribution in [0.2, 0.25) is 0 Å². The summed E-state index contributed by atoms with van der Waals surface area (Å²) in [5, 5.41) is 0. The molecule has 1 atom stereocenters. The molecule has 0 saturated carbocycles. The lowest BCUT2D eigenvalue weighted by atomic mass is 10.1. The van der Waals surface area contributed by atoms with Gasteiger partial charge in [0.1, 0.15) is 13.0 Å². The highest BCUT2D eigenvalue weighted by Crippen LogP contribution is 2.15. The lowest BCUT2D eigenvalue weighted by Crippen LogP contribution is -2.16. The fourth-order valence-electron chi connectivity index (χ4n) is 1.32. The maximum Gasteiger partial charge on any atom is 0.313 e. The predicted molar refractivity (Wildman–Crippen MR) is 62.4 cm³/mol. The summed E-state index contributed by atoms with van der Waals surface area (Å²) in [5.41, 5.74) is 0.998. The van der Waals surface area contributed by atoms with Gasteiger partial charge in [0.2, 0.25) is 0 Å². The van der Waals surface area contributed by atoms with Crippen LogP contribution in [-0.2, 0) is 19.1 Å². The number of methoxy groups -OCH3 is 1. The van der Waals surface area contributed by atoms with Gasteiger partial charge in [-0.05, 0) is 12.5 Å². The molecule has 1 aromatic carbocycles. The van der Waals surface area contributed by atoms with Crippen molar-refractivity contribution in [3.8, 4) is 0 Å². The lowest BCUT2D eigenvalue weighted by Gasteiger charge is -2.12.